The van der Waals surface area contributed by atoms with Crippen LogP contribution in [0.4, 0.5) is 0 Å². The van der Waals surface area contributed by atoms with Gasteiger partial charge in [-0.05, 0) is 39.3 Å². The van der Waals surface area contributed by atoms with Gasteiger partial charge in [-0.2, -0.15) is 0 Å². The zero-order chi connectivity index (χ0) is 16.9. The third-order valence-corrected chi connectivity index (χ3v) is 5.13. The zero-order valence-corrected chi connectivity index (χ0v) is 13.6. The van der Waals surface area contributed by atoms with Crippen LogP contribution in [0.1, 0.15) is 25.8 Å². The highest BCUT2D eigenvalue weighted by Crippen LogP contribution is 2.21. The van der Waals surface area contributed by atoms with E-state index in [0.717, 1.165) is 5.56 Å². The first-order chi connectivity index (χ1) is 10.2. The molecule has 0 saturated carbocycles. The smallest absolute Gasteiger partial charge is 0.376 e. The molecule has 6 nitrogen and oxygen atoms in total. The summed E-state index contributed by atoms with van der Waals surface area (Å²) in [6, 6.07) is 5.94. The van der Waals surface area contributed by atoms with Crippen LogP contribution in [-0.4, -0.2) is 43.2 Å². The molecule has 122 valence electrons. The Balaban J connectivity index is 3.22. The monoisotopic (exact) mass is 328 g/mol. The number of Topliss-reactive ketones (excluding diaryl/α,β-unsaturated/α-hetero) is 1. The summed E-state index contributed by atoms with van der Waals surface area (Å²) >= 11 is 0. The summed E-state index contributed by atoms with van der Waals surface area (Å²) in [5.74, 6) is -2.37. The summed E-state index contributed by atoms with van der Waals surface area (Å²) in [4.78, 5) is 23.6. The number of carbonyl (C=O) groups excluding carboxylic acids is 2. The molecule has 0 heterocycles. The van der Waals surface area contributed by atoms with Crippen molar-refractivity contribution in [3.8, 4) is 0 Å². The molecule has 1 aromatic rings. The van der Waals surface area contributed by atoms with Crippen LogP contribution in [0.2, 0.25) is 0 Å². The lowest BCUT2D eigenvalue weighted by Gasteiger charge is -2.17. The van der Waals surface area contributed by atoms with E-state index in [4.69, 9.17) is 0 Å². The molecule has 0 saturated heterocycles. The second-order valence-corrected chi connectivity index (χ2v) is 7.15. The molecular weight excluding hydrogens is 308 g/mol. The molecule has 0 spiro atoms. The summed E-state index contributed by atoms with van der Waals surface area (Å²) in [6.45, 7) is 4.64. The van der Waals surface area contributed by atoms with Crippen LogP contribution in [0, 0.1) is 6.92 Å². The van der Waals surface area contributed by atoms with Crippen molar-refractivity contribution >= 4 is 21.6 Å². The van der Waals surface area contributed by atoms with Crippen molar-refractivity contribution in [1.29, 1.82) is 0 Å². The number of hydrogen-bond donors (Lipinski definition) is 1. The molecule has 2 atom stereocenters. The molecule has 0 aliphatic rings. The number of aliphatic hydroxyl groups is 1. The second-order valence-electron chi connectivity index (χ2n) is 5.02. The molecule has 0 radical (unpaired) electrons. The third-order valence-electron chi connectivity index (χ3n) is 3.05. The quantitative estimate of drug-likeness (QED) is 0.593. The van der Waals surface area contributed by atoms with Crippen molar-refractivity contribution < 1.29 is 27.9 Å². The Morgan fingerprint density at radius 2 is 1.77 bits per heavy atom. The lowest BCUT2D eigenvalue weighted by molar-refractivity contribution is -0.153. The van der Waals surface area contributed by atoms with Gasteiger partial charge in [0.15, 0.2) is 9.84 Å². The van der Waals surface area contributed by atoms with E-state index in [1.165, 1.54) is 26.0 Å². The standard InChI is InChI=1S/C15H20O6S/c1-4-21-15(18)14(17)13(9-11(3)16)22(19,20)12-7-5-10(2)6-8-12/h5-8,11,13,16H,4,9H2,1-3H3/t11-,13?/m0/s1. The first kappa shape index (κ1) is 18.3. The lowest BCUT2D eigenvalue weighted by Crippen LogP contribution is -2.38. The van der Waals surface area contributed by atoms with Gasteiger partial charge in [0.2, 0.25) is 0 Å². The highest BCUT2D eigenvalue weighted by atomic mass is 32.2. The Kier molecular flexibility index (Phi) is 6.25. The molecule has 0 aliphatic carbocycles. The van der Waals surface area contributed by atoms with E-state index in [1.54, 1.807) is 19.1 Å². The maximum Gasteiger partial charge on any atom is 0.376 e. The minimum atomic E-state index is -4.09. The maximum absolute atomic E-state index is 12.6. The lowest BCUT2D eigenvalue weighted by atomic mass is 10.1. The number of rotatable bonds is 7. The van der Waals surface area contributed by atoms with Crippen LogP contribution in [0.15, 0.2) is 29.2 Å². The number of carbonyl (C=O) groups is 2. The van der Waals surface area contributed by atoms with E-state index in [2.05, 4.69) is 4.74 Å². The Morgan fingerprint density at radius 1 is 1.23 bits per heavy atom. The van der Waals surface area contributed by atoms with Gasteiger partial charge < -0.3 is 9.84 Å². The molecule has 0 aromatic heterocycles. The fraction of sp³-hybridized carbons (Fsp3) is 0.467. The van der Waals surface area contributed by atoms with Crippen LogP contribution in [0.3, 0.4) is 0 Å². The number of esters is 1. The van der Waals surface area contributed by atoms with Crippen LogP contribution in [0.25, 0.3) is 0 Å². The number of benzene rings is 1. The van der Waals surface area contributed by atoms with Crippen molar-refractivity contribution in [3.63, 3.8) is 0 Å². The summed E-state index contributed by atoms with van der Waals surface area (Å²) in [5, 5.41) is 7.81. The summed E-state index contributed by atoms with van der Waals surface area (Å²) < 4.78 is 29.8. The van der Waals surface area contributed by atoms with Gasteiger partial charge in [0.25, 0.3) is 5.78 Å². The number of hydrogen-bond acceptors (Lipinski definition) is 6. The number of ether oxygens (including phenoxy) is 1. The summed E-state index contributed by atoms with van der Waals surface area (Å²) in [6.07, 6.45) is -1.42. The van der Waals surface area contributed by atoms with Crippen LogP contribution in [-0.2, 0) is 24.2 Å². The first-order valence-electron chi connectivity index (χ1n) is 6.89. The number of ketones is 1. The van der Waals surface area contributed by atoms with Crippen molar-refractivity contribution in [2.45, 2.75) is 43.4 Å². The molecule has 22 heavy (non-hydrogen) atoms. The van der Waals surface area contributed by atoms with Gasteiger partial charge in [-0.25, -0.2) is 13.2 Å². The van der Waals surface area contributed by atoms with E-state index < -0.39 is 32.9 Å². The fourth-order valence-electron chi connectivity index (χ4n) is 1.91. The first-order valence-corrected chi connectivity index (χ1v) is 8.44. The number of sulfone groups is 1. The molecular formula is C15H20O6S. The van der Waals surface area contributed by atoms with Crippen molar-refractivity contribution in [3.05, 3.63) is 29.8 Å². The predicted molar refractivity (Wildman–Crippen MR) is 80.1 cm³/mol. The maximum atomic E-state index is 12.6. The molecule has 1 N–H and O–H groups in total. The van der Waals surface area contributed by atoms with Crippen molar-refractivity contribution in [2.24, 2.45) is 0 Å². The van der Waals surface area contributed by atoms with E-state index in [0.29, 0.717) is 0 Å². The highest BCUT2D eigenvalue weighted by molar-refractivity contribution is 7.93. The molecule has 1 aromatic carbocycles. The normalized spacial score (nSPS) is 14.2. The van der Waals surface area contributed by atoms with E-state index in [-0.39, 0.29) is 17.9 Å². The van der Waals surface area contributed by atoms with Crippen molar-refractivity contribution in [1.82, 2.24) is 0 Å². The summed E-state index contributed by atoms with van der Waals surface area (Å²) in [5.41, 5.74) is 0.864. The van der Waals surface area contributed by atoms with Gasteiger partial charge >= 0.3 is 5.97 Å². The fourth-order valence-corrected chi connectivity index (χ4v) is 3.66. The predicted octanol–water partition coefficient (Wildman–Crippen LogP) is 1.04. The van der Waals surface area contributed by atoms with Gasteiger partial charge in [0, 0.05) is 0 Å². The molecule has 0 amide bonds. The largest absolute Gasteiger partial charge is 0.460 e. The van der Waals surface area contributed by atoms with Gasteiger partial charge in [0.1, 0.15) is 5.25 Å². The second kappa shape index (κ2) is 7.51. The van der Waals surface area contributed by atoms with E-state index in [1.807, 2.05) is 0 Å². The molecule has 0 bridgehead atoms. The summed E-state index contributed by atoms with van der Waals surface area (Å²) in [7, 11) is -4.09. The van der Waals surface area contributed by atoms with Gasteiger partial charge in [-0.15, -0.1) is 0 Å². The Labute approximate surface area is 130 Å². The van der Waals surface area contributed by atoms with Gasteiger partial charge in [0.05, 0.1) is 17.6 Å². The molecule has 7 heteroatoms. The average molecular weight is 328 g/mol. The van der Waals surface area contributed by atoms with E-state index in [9.17, 15) is 23.1 Å². The molecule has 1 unspecified atom stereocenters. The minimum Gasteiger partial charge on any atom is -0.460 e. The molecule has 0 aliphatic heterocycles. The molecule has 1 rings (SSSR count). The van der Waals surface area contributed by atoms with Crippen molar-refractivity contribution in [2.75, 3.05) is 6.61 Å². The van der Waals surface area contributed by atoms with Gasteiger partial charge in [-0.1, -0.05) is 17.7 Å². The number of aryl methyl sites for hydroxylation is 1. The zero-order valence-electron chi connectivity index (χ0n) is 12.8. The average Bonchev–Trinajstić information content (AvgIpc) is 2.44. The Bertz CT molecular complexity index is 631. The number of aliphatic hydroxyl groups excluding tert-OH is 1. The third kappa shape index (κ3) is 4.38. The van der Waals surface area contributed by atoms with Crippen LogP contribution >= 0.6 is 0 Å². The Hall–Kier alpha value is -1.73. The SMILES string of the molecule is CCOC(=O)C(=O)C(C[C@H](C)O)S(=O)(=O)c1ccc(C)cc1. The Morgan fingerprint density at radius 3 is 2.23 bits per heavy atom. The topological polar surface area (TPSA) is 97.7 Å². The van der Waals surface area contributed by atoms with Gasteiger partial charge in [-0.3, -0.25) is 4.79 Å². The van der Waals surface area contributed by atoms with Crippen LogP contribution in [0.5, 0.6) is 0 Å². The minimum absolute atomic E-state index is 0.0312. The van der Waals surface area contributed by atoms with Crippen LogP contribution < -0.4 is 0 Å². The molecule has 0 fully saturated rings. The van der Waals surface area contributed by atoms with E-state index >= 15 is 0 Å². The highest BCUT2D eigenvalue weighted by Gasteiger charge is 2.39.